The first-order valence-electron chi connectivity index (χ1n) is 8.97. The molecule has 6 nitrogen and oxygen atoms in total. The van der Waals surface area contributed by atoms with E-state index in [0.29, 0.717) is 11.8 Å². The largest absolute Gasteiger partial charge is 0.352 e. The van der Waals surface area contributed by atoms with Gasteiger partial charge in [-0.25, -0.2) is 9.97 Å². The number of piperidine rings is 1. The lowest BCUT2D eigenvalue weighted by Crippen LogP contribution is -2.48. The maximum atomic E-state index is 4.55. The number of aromatic nitrogens is 3. The zero-order chi connectivity index (χ0) is 17.8. The van der Waals surface area contributed by atoms with Gasteiger partial charge in [0.15, 0.2) is 5.96 Å². The molecule has 1 aliphatic rings. The lowest BCUT2D eigenvalue weighted by atomic mass is 9.92. The van der Waals surface area contributed by atoms with Crippen LogP contribution in [-0.2, 0) is 6.54 Å². The molecular weight excluding hydrogens is 312 g/mol. The molecule has 1 fully saturated rings. The quantitative estimate of drug-likeness (QED) is 0.689. The van der Waals surface area contributed by atoms with Gasteiger partial charge in [-0.3, -0.25) is 9.56 Å². The monoisotopic (exact) mass is 340 g/mol. The van der Waals surface area contributed by atoms with Crippen LogP contribution in [0.25, 0.3) is 5.82 Å². The minimum Gasteiger partial charge on any atom is -0.352 e. The van der Waals surface area contributed by atoms with Crippen LogP contribution in [0.2, 0.25) is 0 Å². The summed E-state index contributed by atoms with van der Waals surface area (Å²) >= 11 is 0. The smallest absolute Gasteiger partial charge is 0.193 e. The van der Waals surface area contributed by atoms with E-state index in [4.69, 9.17) is 0 Å². The first-order chi connectivity index (χ1) is 12.1. The van der Waals surface area contributed by atoms with Crippen molar-refractivity contribution in [2.75, 3.05) is 20.1 Å². The van der Waals surface area contributed by atoms with Gasteiger partial charge in [0.05, 0.1) is 0 Å². The fourth-order valence-electron chi connectivity index (χ4n) is 3.63. The summed E-state index contributed by atoms with van der Waals surface area (Å²) in [7, 11) is 1.86. The lowest BCUT2D eigenvalue weighted by Gasteiger charge is -2.37. The van der Waals surface area contributed by atoms with Gasteiger partial charge in [0, 0.05) is 45.3 Å². The average Bonchev–Trinajstić information content (AvgIpc) is 3.01. The van der Waals surface area contributed by atoms with E-state index in [0.717, 1.165) is 42.8 Å². The molecule has 0 radical (unpaired) electrons. The van der Waals surface area contributed by atoms with Gasteiger partial charge >= 0.3 is 0 Å². The standard InChI is InChI=1S/C19H28N6/c1-14-9-15(2)13-24(12-14)19(20-4)23-11-17-5-6-18(22-10-17)25-8-7-21-16(25)3/h5-8,10,14-15H,9,11-13H2,1-4H3,(H,20,23). The van der Waals surface area contributed by atoms with Gasteiger partial charge in [-0.2, -0.15) is 0 Å². The number of likely N-dealkylation sites (tertiary alicyclic amines) is 1. The van der Waals surface area contributed by atoms with Crippen molar-refractivity contribution in [1.82, 2.24) is 24.8 Å². The Kier molecular flexibility index (Phi) is 5.36. The van der Waals surface area contributed by atoms with Gasteiger partial charge < -0.3 is 10.2 Å². The van der Waals surface area contributed by atoms with E-state index in [-0.39, 0.29) is 0 Å². The molecule has 0 amide bonds. The zero-order valence-electron chi connectivity index (χ0n) is 15.6. The van der Waals surface area contributed by atoms with Crippen molar-refractivity contribution in [3.63, 3.8) is 0 Å². The Bertz CT molecular complexity index is 708. The summed E-state index contributed by atoms with van der Waals surface area (Å²) in [5.74, 6) is 4.23. The number of rotatable bonds is 3. The van der Waals surface area contributed by atoms with Crippen LogP contribution in [0.5, 0.6) is 0 Å². The molecule has 2 unspecified atom stereocenters. The van der Waals surface area contributed by atoms with Crippen molar-refractivity contribution in [2.24, 2.45) is 16.8 Å². The Hall–Kier alpha value is -2.37. The molecule has 1 aliphatic heterocycles. The van der Waals surface area contributed by atoms with Gasteiger partial charge in [-0.1, -0.05) is 19.9 Å². The van der Waals surface area contributed by atoms with E-state index >= 15 is 0 Å². The first-order valence-corrected chi connectivity index (χ1v) is 8.97. The molecule has 1 saturated heterocycles. The van der Waals surface area contributed by atoms with Crippen LogP contribution >= 0.6 is 0 Å². The molecule has 0 aliphatic carbocycles. The van der Waals surface area contributed by atoms with Crippen LogP contribution < -0.4 is 5.32 Å². The molecule has 2 aromatic rings. The second kappa shape index (κ2) is 7.68. The Labute approximate surface area is 150 Å². The lowest BCUT2D eigenvalue weighted by molar-refractivity contribution is 0.208. The highest BCUT2D eigenvalue weighted by molar-refractivity contribution is 5.80. The summed E-state index contributed by atoms with van der Waals surface area (Å²) in [6.45, 7) is 9.47. The topological polar surface area (TPSA) is 58.3 Å². The molecule has 1 N–H and O–H groups in total. The van der Waals surface area contributed by atoms with Crippen LogP contribution in [0.15, 0.2) is 35.7 Å². The molecule has 25 heavy (non-hydrogen) atoms. The van der Waals surface area contributed by atoms with Gasteiger partial charge in [0.2, 0.25) is 0 Å². The van der Waals surface area contributed by atoms with Crippen LogP contribution in [-0.4, -0.2) is 45.5 Å². The van der Waals surface area contributed by atoms with Crippen molar-refractivity contribution < 1.29 is 0 Å². The summed E-state index contributed by atoms with van der Waals surface area (Å²) in [6, 6.07) is 4.13. The molecule has 0 bridgehead atoms. The van der Waals surface area contributed by atoms with Crippen molar-refractivity contribution in [1.29, 1.82) is 0 Å². The highest BCUT2D eigenvalue weighted by Crippen LogP contribution is 2.21. The number of hydrogen-bond donors (Lipinski definition) is 1. The van der Waals surface area contributed by atoms with Crippen LogP contribution in [0.4, 0.5) is 0 Å². The summed E-state index contributed by atoms with van der Waals surface area (Å²) < 4.78 is 1.98. The van der Waals surface area contributed by atoms with Crippen molar-refractivity contribution in [3.8, 4) is 5.82 Å². The maximum Gasteiger partial charge on any atom is 0.193 e. The van der Waals surface area contributed by atoms with Gasteiger partial charge in [-0.05, 0) is 36.8 Å². The molecule has 3 rings (SSSR count). The Morgan fingerprint density at radius 3 is 2.56 bits per heavy atom. The predicted molar refractivity (Wildman–Crippen MR) is 101 cm³/mol. The number of guanidine groups is 1. The summed E-state index contributed by atoms with van der Waals surface area (Å²) in [6.07, 6.45) is 6.93. The molecule has 2 atom stereocenters. The highest BCUT2D eigenvalue weighted by atomic mass is 15.3. The number of hydrogen-bond acceptors (Lipinski definition) is 3. The summed E-state index contributed by atoms with van der Waals surface area (Å²) in [5, 5.41) is 3.48. The molecule has 0 saturated carbocycles. The molecule has 6 heteroatoms. The van der Waals surface area contributed by atoms with E-state index < -0.39 is 0 Å². The number of pyridine rings is 1. The molecular formula is C19H28N6. The third kappa shape index (κ3) is 4.18. The van der Waals surface area contributed by atoms with Gasteiger partial charge in [0.25, 0.3) is 0 Å². The minimum atomic E-state index is 0.710. The second-order valence-electron chi connectivity index (χ2n) is 7.12. The summed E-state index contributed by atoms with van der Waals surface area (Å²) in [5.41, 5.74) is 1.14. The van der Waals surface area contributed by atoms with Gasteiger partial charge in [0.1, 0.15) is 11.6 Å². The molecule has 0 aromatic carbocycles. The average molecular weight is 340 g/mol. The maximum absolute atomic E-state index is 4.55. The highest BCUT2D eigenvalue weighted by Gasteiger charge is 2.23. The first kappa shape index (κ1) is 17.5. The fraction of sp³-hybridized carbons (Fsp3) is 0.526. The molecule has 3 heterocycles. The van der Waals surface area contributed by atoms with Crippen molar-refractivity contribution in [2.45, 2.75) is 33.7 Å². The van der Waals surface area contributed by atoms with E-state index in [2.05, 4.69) is 45.1 Å². The molecule has 134 valence electrons. The predicted octanol–water partition coefficient (Wildman–Crippen LogP) is 2.63. The van der Waals surface area contributed by atoms with Crippen molar-refractivity contribution >= 4 is 5.96 Å². The normalized spacial score (nSPS) is 21.4. The van der Waals surface area contributed by atoms with Crippen LogP contribution in [0.1, 0.15) is 31.7 Å². The van der Waals surface area contributed by atoms with Gasteiger partial charge in [-0.15, -0.1) is 0 Å². The third-order valence-electron chi connectivity index (χ3n) is 4.71. The Balaban J connectivity index is 1.61. The van der Waals surface area contributed by atoms with E-state index in [1.807, 2.05) is 37.0 Å². The number of imidazole rings is 1. The van der Waals surface area contributed by atoms with E-state index in [1.54, 1.807) is 6.20 Å². The van der Waals surface area contributed by atoms with Crippen molar-refractivity contribution in [3.05, 3.63) is 42.1 Å². The Morgan fingerprint density at radius 1 is 1.24 bits per heavy atom. The minimum absolute atomic E-state index is 0.710. The number of nitrogens with one attached hydrogen (secondary N) is 1. The zero-order valence-corrected chi connectivity index (χ0v) is 15.6. The SMILES string of the molecule is CN=C(NCc1ccc(-n2ccnc2C)nc1)N1CC(C)CC(C)C1. The van der Waals surface area contributed by atoms with E-state index in [1.165, 1.54) is 6.42 Å². The molecule has 0 spiro atoms. The molecule has 2 aromatic heterocycles. The third-order valence-corrected chi connectivity index (χ3v) is 4.71. The van der Waals surface area contributed by atoms with Crippen LogP contribution in [0.3, 0.4) is 0 Å². The number of aryl methyl sites for hydroxylation is 1. The number of nitrogens with zero attached hydrogens (tertiary/aromatic N) is 5. The summed E-state index contributed by atoms with van der Waals surface area (Å²) in [4.78, 5) is 15.6. The fourth-order valence-corrected chi connectivity index (χ4v) is 3.63. The number of aliphatic imine (C=N–C) groups is 1. The second-order valence-corrected chi connectivity index (χ2v) is 7.12. The van der Waals surface area contributed by atoms with Crippen LogP contribution in [0, 0.1) is 18.8 Å². The van der Waals surface area contributed by atoms with E-state index in [9.17, 15) is 0 Å². The Morgan fingerprint density at radius 2 is 2.00 bits per heavy atom.